The maximum absolute atomic E-state index is 12.9. The minimum atomic E-state index is -0.750. The second kappa shape index (κ2) is 42.1. The molecular formula is C74H72Cl4N16O8S2. The molecule has 104 heavy (non-hydrogen) atoms. The zero-order chi connectivity index (χ0) is 72.2. The predicted octanol–water partition coefficient (Wildman–Crippen LogP) is 10.3. The zero-order valence-corrected chi connectivity index (χ0v) is 59.4. The number of carbonyl (C=O) groups excluding carboxylic acids is 4. The summed E-state index contributed by atoms with van der Waals surface area (Å²) < 4.78 is 37.4. The van der Waals surface area contributed by atoms with Gasteiger partial charge >= 0.3 is 23.1 Å². The highest BCUT2D eigenvalue weighted by molar-refractivity contribution is 7.52. The lowest BCUT2D eigenvalue weighted by Crippen LogP contribution is -3.05. The van der Waals surface area contributed by atoms with Gasteiger partial charge in [-0.15, -0.1) is 0 Å². The van der Waals surface area contributed by atoms with Gasteiger partial charge in [-0.1, -0.05) is 129 Å². The lowest BCUT2D eigenvalue weighted by molar-refractivity contribution is -0.851. The van der Waals surface area contributed by atoms with E-state index in [-0.39, 0.29) is 50.5 Å². The molecule has 30 heteroatoms. The van der Waals surface area contributed by atoms with Crippen LogP contribution in [0.5, 0.6) is 0 Å². The van der Waals surface area contributed by atoms with Crippen LogP contribution in [0.15, 0.2) is 243 Å². The van der Waals surface area contributed by atoms with E-state index in [9.17, 15) is 19.2 Å². The van der Waals surface area contributed by atoms with E-state index < -0.39 is 34.3 Å². The zero-order valence-electron chi connectivity index (χ0n) is 54.7. The summed E-state index contributed by atoms with van der Waals surface area (Å²) in [5, 5.41) is 17.4. The van der Waals surface area contributed by atoms with Gasteiger partial charge in [0.25, 0.3) is 11.8 Å². The first kappa shape index (κ1) is 83.2. The average Bonchev–Trinajstić information content (AvgIpc) is 1.62. The van der Waals surface area contributed by atoms with Crippen molar-refractivity contribution in [2.75, 3.05) is 73.6 Å². The van der Waals surface area contributed by atoms with Crippen molar-refractivity contribution in [3.8, 4) is 33.9 Å². The summed E-state index contributed by atoms with van der Waals surface area (Å²) >= 11 is 16.8. The molecule has 0 aliphatic rings. The Bertz CT molecular complexity index is 4970. The number of aromatic nitrogens is 8. The second-order valence-corrected chi connectivity index (χ2v) is 23.4. The minimum absolute atomic E-state index is 0. The number of pyridine rings is 2. The Morgan fingerprint density at radius 3 is 1.37 bits per heavy atom. The first-order valence-corrected chi connectivity index (χ1v) is 32.8. The van der Waals surface area contributed by atoms with Crippen LogP contribution in [-0.2, 0) is 32.7 Å². The molecule has 536 valence electrons. The van der Waals surface area contributed by atoms with Crippen molar-refractivity contribution < 1.29 is 53.3 Å². The number of quaternary nitrogens is 1. The number of fused-ring (bicyclic) bond motifs is 2. The third kappa shape index (κ3) is 24.4. The maximum atomic E-state index is 12.9. The highest BCUT2D eigenvalue weighted by atomic mass is 35.5. The van der Waals surface area contributed by atoms with Crippen molar-refractivity contribution in [1.29, 1.82) is 0 Å². The maximum Gasteiger partial charge on any atom is 0.335 e. The Kier molecular flexibility index (Phi) is 33.7. The van der Waals surface area contributed by atoms with Gasteiger partial charge in [-0.2, -0.15) is 16.8 Å². The standard InChI is InChI=1S/C36H31ClN8O2.C30H22ClN7O.C6H10ClNO.2CH4.ClH.2O2S/c1-44(2)19-9-16-33(46)40-26-17-18-31(38-21-26)35(47)41-24-10-8-11-25(20-24)42-36-39-22-30(37)34(43-36)29-23-45(27-12-4-3-5-13-27)32-15-7-6-14-28(29)32;31-25-17-34-30(36-21-8-6-7-20(15-21)35-29(39)26-14-13-19(32)16-33-26)37-28(25)24-18-38(22-9-2-1-3-10-22)27-12-5-4-11-23(24)27;1-8(2)5-3-4-6(7)9;;;;2*1-3-2/h3-18,20-23H,19H2,1-2H3,(H,40,46)(H,41,47)(H,39,42,43);1-18H,32H2,(H,35,39)(H,34,36,37);3-4H,5H2,1-2H3;2*1H4;1H;;/b16-9+;;4-3+;;;;;. The number of rotatable bonds is 19. The van der Waals surface area contributed by atoms with E-state index in [2.05, 4.69) is 98.1 Å². The molecule has 3 amide bonds. The van der Waals surface area contributed by atoms with Gasteiger partial charge in [0.05, 0.1) is 89.3 Å². The Morgan fingerprint density at radius 1 is 0.519 bits per heavy atom. The van der Waals surface area contributed by atoms with E-state index >= 15 is 0 Å². The van der Waals surface area contributed by atoms with Gasteiger partial charge in [0.15, 0.2) is 0 Å². The second-order valence-electron chi connectivity index (χ2n) is 21.9. The lowest BCUT2D eigenvalue weighted by Gasteiger charge is -2.10. The molecule has 0 unspecified atom stereocenters. The largest absolute Gasteiger partial charge is 1.00 e. The fraction of sp³-hybridized carbons (Fsp3) is 0.108. The fourth-order valence-electron chi connectivity index (χ4n) is 9.65. The number of para-hydroxylation sites is 4. The number of benzene rings is 6. The summed E-state index contributed by atoms with van der Waals surface area (Å²) in [6, 6.07) is 57.2. The topological polar surface area (TPSA) is 318 Å². The van der Waals surface area contributed by atoms with Gasteiger partial charge in [0, 0.05) is 81.0 Å². The molecule has 0 bridgehead atoms. The van der Waals surface area contributed by atoms with Crippen molar-refractivity contribution in [3.63, 3.8) is 0 Å². The number of likely N-dealkylation sites (N-methyl/N-ethyl adjacent to an activating group) is 2. The number of nitrogens with one attached hydrogen (secondary N) is 6. The SMILES string of the molecule is C.C.CN(C)C/C=C/C(=O)Nc1ccc(C(=O)Nc2cccc(Nc3ncc(Cl)c(-c4cn(-c5ccccc5)c5ccccc45)n3)c2)nc1.C[NH+](C)C/C=C/C(=O)Cl.Nc1ccc(C(=O)Nc2cccc(Nc3ncc(Cl)c(-c4cn(-c5ccccc5)c5ccccc45)n3)c2)nc1.O=S=O.O=S=O.[Cl-]. The van der Waals surface area contributed by atoms with Crippen molar-refractivity contribution in [2.45, 2.75) is 14.9 Å². The third-order valence-electron chi connectivity index (χ3n) is 14.0. The molecule has 24 nitrogen and oxygen atoms in total. The molecule has 0 fully saturated rings. The Morgan fingerprint density at radius 2 is 0.952 bits per heavy atom. The Hall–Kier alpha value is -11.5. The van der Waals surface area contributed by atoms with Gasteiger partial charge in [-0.3, -0.25) is 19.2 Å². The van der Waals surface area contributed by atoms with Crippen LogP contribution in [0.25, 0.3) is 55.7 Å². The average molecular weight is 1520 g/mol. The first-order valence-electron chi connectivity index (χ1n) is 30.4. The lowest BCUT2D eigenvalue weighted by atomic mass is 10.1. The van der Waals surface area contributed by atoms with Gasteiger partial charge in [0.1, 0.15) is 11.4 Å². The molecule has 0 aliphatic heterocycles. The molecule has 12 rings (SSSR count). The van der Waals surface area contributed by atoms with Gasteiger partial charge in [-0.25, -0.2) is 29.9 Å². The smallest absolute Gasteiger partial charge is 0.335 e. The van der Waals surface area contributed by atoms with Crippen LogP contribution in [0.4, 0.5) is 46.0 Å². The molecule has 0 atom stereocenters. The molecule has 0 saturated carbocycles. The van der Waals surface area contributed by atoms with Gasteiger partial charge in [0.2, 0.25) is 23.0 Å². The Labute approximate surface area is 629 Å². The first-order chi connectivity index (χ1) is 48.8. The molecule has 6 aromatic heterocycles. The molecular weight excluding hydrogens is 1450 g/mol. The Balaban J connectivity index is 0.000000308. The van der Waals surface area contributed by atoms with E-state index in [1.807, 2.05) is 130 Å². The van der Waals surface area contributed by atoms with Crippen molar-refractivity contribution in [2.24, 2.45) is 0 Å². The van der Waals surface area contributed by atoms with E-state index in [0.29, 0.717) is 74.0 Å². The summed E-state index contributed by atoms with van der Waals surface area (Å²) in [6.45, 7) is 1.48. The van der Waals surface area contributed by atoms with Crippen molar-refractivity contribution in [1.82, 2.24) is 43.9 Å². The van der Waals surface area contributed by atoms with Gasteiger partial charge < -0.3 is 63.7 Å². The number of nitrogen functional groups attached to an aromatic ring is 1. The number of nitrogens with zero attached hydrogens (tertiary/aromatic N) is 9. The minimum Gasteiger partial charge on any atom is -1.00 e. The van der Waals surface area contributed by atoms with E-state index in [0.717, 1.165) is 50.9 Å². The van der Waals surface area contributed by atoms with E-state index in [4.69, 9.17) is 67.3 Å². The highest BCUT2D eigenvalue weighted by Crippen LogP contribution is 2.38. The summed E-state index contributed by atoms with van der Waals surface area (Å²) in [7, 11) is 7.84. The predicted molar refractivity (Wildman–Crippen MR) is 412 cm³/mol. The molecule has 0 aliphatic carbocycles. The number of carbonyl (C=O) groups is 4. The quantitative estimate of drug-likeness (QED) is 0.0292. The third-order valence-corrected chi connectivity index (χ3v) is 14.7. The molecule has 0 spiro atoms. The van der Waals surface area contributed by atoms with Crippen LogP contribution >= 0.6 is 34.8 Å². The van der Waals surface area contributed by atoms with E-state index in [1.165, 1.54) is 29.4 Å². The van der Waals surface area contributed by atoms with Crippen LogP contribution in [0.1, 0.15) is 35.8 Å². The summed E-state index contributed by atoms with van der Waals surface area (Å²) in [5.74, 6) is -0.293. The molecule has 8 N–H and O–H groups in total. The van der Waals surface area contributed by atoms with Crippen LogP contribution < -0.4 is 49.6 Å². The number of anilines is 8. The number of nitrogens with two attached hydrogens (primary N) is 1. The number of amides is 3. The normalized spacial score (nSPS) is 10.4. The fourth-order valence-corrected chi connectivity index (χ4v) is 10.1. The number of hydrogen-bond donors (Lipinski definition) is 7. The molecule has 12 aromatic rings. The monoisotopic (exact) mass is 1520 g/mol. The van der Waals surface area contributed by atoms with Crippen LogP contribution in [-0.4, -0.2) is 125 Å². The number of allylic oxidation sites excluding steroid dienone is 1. The number of halogens is 4. The molecule has 6 heterocycles. The highest BCUT2D eigenvalue weighted by Gasteiger charge is 2.20. The summed E-state index contributed by atoms with van der Waals surface area (Å²) in [6.07, 6.45) is 16.5. The molecule has 6 aromatic carbocycles. The van der Waals surface area contributed by atoms with Crippen molar-refractivity contribution >= 4 is 149 Å². The van der Waals surface area contributed by atoms with Crippen LogP contribution in [0.2, 0.25) is 10.0 Å². The molecule has 0 radical (unpaired) electrons. The van der Waals surface area contributed by atoms with E-state index in [1.54, 1.807) is 79.1 Å². The van der Waals surface area contributed by atoms with Gasteiger partial charge in [-0.05, 0) is 135 Å². The summed E-state index contributed by atoms with van der Waals surface area (Å²) in [5.41, 5.74) is 16.7. The van der Waals surface area contributed by atoms with Crippen LogP contribution in [0, 0.1) is 0 Å². The van der Waals surface area contributed by atoms with Crippen LogP contribution in [0.3, 0.4) is 0 Å². The summed E-state index contributed by atoms with van der Waals surface area (Å²) in [4.78, 5) is 77.5. The molecule has 0 saturated heterocycles. The van der Waals surface area contributed by atoms with Crippen molar-refractivity contribution in [3.05, 3.63) is 265 Å². The number of hydrogen-bond acceptors (Lipinski definition) is 18.